The highest BCUT2D eigenvalue weighted by atomic mass is 19.1. The lowest BCUT2D eigenvalue weighted by molar-refractivity contribution is -0.137. The Balaban J connectivity index is 2.84. The molecule has 0 fully saturated rings. The lowest BCUT2D eigenvalue weighted by Crippen LogP contribution is -2.08. The van der Waals surface area contributed by atoms with Crippen LogP contribution in [0.3, 0.4) is 0 Å². The first kappa shape index (κ1) is 13.5. The molecule has 0 aliphatic carbocycles. The molecule has 0 aromatic heterocycles. The van der Waals surface area contributed by atoms with Crippen molar-refractivity contribution in [2.75, 3.05) is 0 Å². The number of halogens is 1. The Morgan fingerprint density at radius 3 is 2.53 bits per heavy atom. The van der Waals surface area contributed by atoms with Gasteiger partial charge in [0.15, 0.2) is 11.6 Å². The summed E-state index contributed by atoms with van der Waals surface area (Å²) in [4.78, 5) is 10.6. The highest BCUT2D eigenvalue weighted by molar-refractivity contribution is 5.68. The highest BCUT2D eigenvalue weighted by Gasteiger charge is 2.13. The van der Waals surface area contributed by atoms with Crippen LogP contribution in [0.1, 0.15) is 38.7 Å². The summed E-state index contributed by atoms with van der Waals surface area (Å²) in [5.41, 5.74) is 0.668. The van der Waals surface area contributed by atoms with Gasteiger partial charge in [-0.05, 0) is 37.5 Å². The molecule has 1 rings (SSSR count). The average molecular weight is 240 g/mol. The summed E-state index contributed by atoms with van der Waals surface area (Å²) in [7, 11) is 0. The van der Waals surface area contributed by atoms with Crippen LogP contribution >= 0.6 is 0 Å². The van der Waals surface area contributed by atoms with Gasteiger partial charge in [0.1, 0.15) is 0 Å². The molecule has 0 aliphatic rings. The molecule has 1 aromatic carbocycles. The number of carbonyl (C=O) groups is 1. The molecule has 0 saturated heterocycles. The van der Waals surface area contributed by atoms with Crippen LogP contribution in [0.4, 0.5) is 4.39 Å². The molecule has 0 radical (unpaired) electrons. The summed E-state index contributed by atoms with van der Waals surface area (Å²) in [6, 6.07) is 4.59. The number of benzene rings is 1. The Morgan fingerprint density at radius 1 is 1.41 bits per heavy atom. The van der Waals surface area contributed by atoms with Crippen molar-refractivity contribution >= 4 is 5.97 Å². The maximum Gasteiger partial charge on any atom is 0.303 e. The van der Waals surface area contributed by atoms with Crippen molar-refractivity contribution < 1.29 is 19.0 Å². The summed E-state index contributed by atoms with van der Waals surface area (Å²) >= 11 is 0. The molecule has 0 heterocycles. The molecule has 4 heteroatoms. The summed E-state index contributed by atoms with van der Waals surface area (Å²) in [5, 5.41) is 8.67. The van der Waals surface area contributed by atoms with Gasteiger partial charge >= 0.3 is 5.97 Å². The third-order valence-electron chi connectivity index (χ3n) is 2.37. The quantitative estimate of drug-likeness (QED) is 0.859. The number of carboxylic acids is 1. The Morgan fingerprint density at radius 2 is 2.06 bits per heavy atom. The maximum atomic E-state index is 13.6. The van der Waals surface area contributed by atoms with Gasteiger partial charge in [-0.25, -0.2) is 4.39 Å². The van der Waals surface area contributed by atoms with Gasteiger partial charge in [0.25, 0.3) is 0 Å². The van der Waals surface area contributed by atoms with E-state index >= 15 is 0 Å². The number of rotatable bonds is 5. The van der Waals surface area contributed by atoms with E-state index in [1.807, 2.05) is 13.8 Å². The van der Waals surface area contributed by atoms with Gasteiger partial charge in [-0.1, -0.05) is 13.0 Å². The monoisotopic (exact) mass is 240 g/mol. The number of carboxylic acid groups (broad SMARTS) is 1. The van der Waals surface area contributed by atoms with Crippen molar-refractivity contribution in [1.29, 1.82) is 0 Å². The molecular formula is C13H17FO3. The van der Waals surface area contributed by atoms with Crippen LogP contribution in [-0.4, -0.2) is 17.2 Å². The van der Waals surface area contributed by atoms with Crippen LogP contribution in [-0.2, 0) is 4.79 Å². The van der Waals surface area contributed by atoms with E-state index in [1.54, 1.807) is 19.1 Å². The lowest BCUT2D eigenvalue weighted by Gasteiger charge is -2.13. The van der Waals surface area contributed by atoms with E-state index in [4.69, 9.17) is 9.84 Å². The first-order chi connectivity index (χ1) is 7.90. The summed E-state index contributed by atoms with van der Waals surface area (Å²) in [5.74, 6) is -1.35. The van der Waals surface area contributed by atoms with Crippen molar-refractivity contribution in [2.24, 2.45) is 0 Å². The Bertz CT molecular complexity index is 402. The van der Waals surface area contributed by atoms with E-state index in [2.05, 4.69) is 0 Å². The van der Waals surface area contributed by atoms with Crippen LogP contribution in [0.15, 0.2) is 18.2 Å². The molecular weight excluding hydrogens is 223 g/mol. The summed E-state index contributed by atoms with van der Waals surface area (Å²) in [6.45, 7) is 5.40. The predicted molar refractivity (Wildman–Crippen MR) is 62.8 cm³/mol. The third-order valence-corrected chi connectivity index (χ3v) is 2.37. The minimum absolute atomic E-state index is 0.0101. The second kappa shape index (κ2) is 5.66. The van der Waals surface area contributed by atoms with E-state index in [9.17, 15) is 9.18 Å². The van der Waals surface area contributed by atoms with Crippen molar-refractivity contribution in [2.45, 2.75) is 39.2 Å². The largest absolute Gasteiger partial charge is 0.488 e. The molecule has 0 bridgehead atoms. The Labute approximate surface area is 100 Å². The smallest absolute Gasteiger partial charge is 0.303 e. The van der Waals surface area contributed by atoms with E-state index in [-0.39, 0.29) is 24.2 Å². The Hall–Kier alpha value is -1.58. The zero-order valence-corrected chi connectivity index (χ0v) is 10.2. The first-order valence-electron chi connectivity index (χ1n) is 5.58. The average Bonchev–Trinajstić information content (AvgIpc) is 2.19. The predicted octanol–water partition coefficient (Wildman–Crippen LogP) is 3.19. The van der Waals surface area contributed by atoms with Crippen LogP contribution in [0.25, 0.3) is 0 Å². The van der Waals surface area contributed by atoms with Crippen LogP contribution in [0.2, 0.25) is 0 Å². The Kier molecular flexibility index (Phi) is 4.49. The van der Waals surface area contributed by atoms with Crippen molar-refractivity contribution in [3.63, 3.8) is 0 Å². The number of hydrogen-bond donors (Lipinski definition) is 1. The van der Waals surface area contributed by atoms with Crippen molar-refractivity contribution in [3.05, 3.63) is 29.6 Å². The summed E-state index contributed by atoms with van der Waals surface area (Å²) in [6.07, 6.45) is -0.101. The van der Waals surface area contributed by atoms with E-state index in [1.165, 1.54) is 6.07 Å². The fourth-order valence-corrected chi connectivity index (χ4v) is 1.55. The number of aliphatic carboxylic acids is 1. The molecule has 1 unspecified atom stereocenters. The molecule has 17 heavy (non-hydrogen) atoms. The molecule has 94 valence electrons. The second-order valence-electron chi connectivity index (χ2n) is 4.36. The standard InChI is InChI=1S/C13H17FO3/c1-8(2)17-12-5-4-10(7-11(12)14)9(3)6-13(15)16/h4-5,7-9H,6H2,1-3H3,(H,15,16). The van der Waals surface area contributed by atoms with Gasteiger partial charge < -0.3 is 9.84 Å². The molecule has 0 saturated carbocycles. The molecule has 0 spiro atoms. The van der Waals surface area contributed by atoms with E-state index < -0.39 is 11.8 Å². The lowest BCUT2D eigenvalue weighted by atomic mass is 9.98. The van der Waals surface area contributed by atoms with Crippen LogP contribution < -0.4 is 4.74 Å². The normalized spacial score (nSPS) is 12.5. The first-order valence-corrected chi connectivity index (χ1v) is 5.58. The van der Waals surface area contributed by atoms with Gasteiger partial charge in [0.2, 0.25) is 0 Å². The second-order valence-corrected chi connectivity index (χ2v) is 4.36. The molecule has 1 N–H and O–H groups in total. The third kappa shape index (κ3) is 4.06. The SMILES string of the molecule is CC(C)Oc1ccc(C(C)CC(=O)O)cc1F. The van der Waals surface area contributed by atoms with Gasteiger partial charge in [0, 0.05) is 0 Å². The number of ether oxygens (including phenoxy) is 1. The molecule has 3 nitrogen and oxygen atoms in total. The highest BCUT2D eigenvalue weighted by Crippen LogP contribution is 2.25. The van der Waals surface area contributed by atoms with Gasteiger partial charge in [-0.2, -0.15) is 0 Å². The van der Waals surface area contributed by atoms with Crippen molar-refractivity contribution in [1.82, 2.24) is 0 Å². The minimum Gasteiger partial charge on any atom is -0.488 e. The number of hydrogen-bond acceptors (Lipinski definition) is 2. The zero-order chi connectivity index (χ0) is 13.0. The van der Waals surface area contributed by atoms with Crippen molar-refractivity contribution in [3.8, 4) is 5.75 Å². The molecule has 0 amide bonds. The zero-order valence-electron chi connectivity index (χ0n) is 10.2. The van der Waals surface area contributed by atoms with E-state index in [0.29, 0.717) is 5.56 Å². The van der Waals surface area contributed by atoms with Gasteiger partial charge in [0.05, 0.1) is 12.5 Å². The van der Waals surface area contributed by atoms with Gasteiger partial charge in [-0.15, -0.1) is 0 Å². The molecule has 0 aliphatic heterocycles. The maximum absolute atomic E-state index is 13.6. The molecule has 1 aromatic rings. The van der Waals surface area contributed by atoms with Crippen LogP contribution in [0.5, 0.6) is 5.75 Å². The molecule has 1 atom stereocenters. The topological polar surface area (TPSA) is 46.5 Å². The van der Waals surface area contributed by atoms with Gasteiger partial charge in [-0.3, -0.25) is 4.79 Å². The summed E-state index contributed by atoms with van der Waals surface area (Å²) < 4.78 is 18.9. The fraction of sp³-hybridized carbons (Fsp3) is 0.462. The van der Waals surface area contributed by atoms with E-state index in [0.717, 1.165) is 0 Å². The fourth-order valence-electron chi connectivity index (χ4n) is 1.55. The minimum atomic E-state index is -0.889. The van der Waals surface area contributed by atoms with Crippen LogP contribution in [0, 0.1) is 5.82 Å².